The van der Waals surface area contributed by atoms with Gasteiger partial charge in [-0.25, -0.2) is 9.78 Å². The number of rotatable bonds is 3. The highest BCUT2D eigenvalue weighted by molar-refractivity contribution is 9.10. The minimum atomic E-state index is -1.11. The lowest BCUT2D eigenvalue weighted by atomic mass is 10.1. The number of halogens is 1. The number of oxazole rings is 1. The molecule has 4 nitrogen and oxygen atoms in total. The van der Waals surface area contributed by atoms with Gasteiger partial charge in [0, 0.05) is 10.0 Å². The van der Waals surface area contributed by atoms with Gasteiger partial charge in [-0.2, -0.15) is 0 Å². The van der Waals surface area contributed by atoms with Crippen LogP contribution in [-0.2, 0) is 0 Å². The van der Waals surface area contributed by atoms with Gasteiger partial charge >= 0.3 is 5.97 Å². The minimum absolute atomic E-state index is 0.0806. The van der Waals surface area contributed by atoms with Gasteiger partial charge in [-0.3, -0.25) is 0 Å². The zero-order chi connectivity index (χ0) is 15.0. The van der Waals surface area contributed by atoms with Crippen molar-refractivity contribution in [3.05, 3.63) is 51.4 Å². The van der Waals surface area contributed by atoms with Crippen LogP contribution in [0.4, 0.5) is 0 Å². The molecular weight excluding hydrogens is 354 g/mol. The number of carbonyl (C=O) groups is 1. The number of carboxylic acids is 1. The molecule has 6 heteroatoms. The molecule has 1 aromatic carbocycles. The van der Waals surface area contributed by atoms with Crippen molar-refractivity contribution in [2.24, 2.45) is 0 Å². The second-order valence-electron chi connectivity index (χ2n) is 4.46. The largest absolute Gasteiger partial charge is 0.476 e. The summed E-state index contributed by atoms with van der Waals surface area (Å²) in [7, 11) is 0. The van der Waals surface area contributed by atoms with Crippen LogP contribution >= 0.6 is 27.3 Å². The summed E-state index contributed by atoms with van der Waals surface area (Å²) in [5, 5.41) is 11.2. The number of carboxylic acid groups (broad SMARTS) is 1. The normalized spacial score (nSPS) is 10.8. The molecule has 0 aliphatic carbocycles. The van der Waals surface area contributed by atoms with Crippen molar-refractivity contribution >= 4 is 33.2 Å². The molecule has 2 heterocycles. The maximum atomic E-state index is 11.4. The molecule has 0 spiro atoms. The first-order valence-electron chi connectivity index (χ1n) is 6.11. The van der Waals surface area contributed by atoms with E-state index in [1.54, 1.807) is 0 Å². The Labute approximate surface area is 133 Å². The number of hydrogen-bond donors (Lipinski definition) is 1. The Morgan fingerprint density at radius 2 is 2.19 bits per heavy atom. The maximum Gasteiger partial charge on any atom is 0.358 e. The lowest BCUT2D eigenvalue weighted by molar-refractivity contribution is 0.0691. The van der Waals surface area contributed by atoms with Crippen LogP contribution < -0.4 is 0 Å². The van der Waals surface area contributed by atoms with Crippen molar-refractivity contribution in [1.29, 1.82) is 0 Å². The maximum absolute atomic E-state index is 11.4. The second kappa shape index (κ2) is 5.46. The van der Waals surface area contributed by atoms with Gasteiger partial charge in [0.25, 0.3) is 0 Å². The summed E-state index contributed by atoms with van der Waals surface area (Å²) >= 11 is 4.90. The van der Waals surface area contributed by atoms with Crippen molar-refractivity contribution in [1.82, 2.24) is 4.98 Å². The van der Waals surface area contributed by atoms with Gasteiger partial charge in [0.15, 0.2) is 11.5 Å². The van der Waals surface area contributed by atoms with Crippen molar-refractivity contribution < 1.29 is 14.3 Å². The van der Waals surface area contributed by atoms with Crippen LogP contribution in [0.2, 0.25) is 0 Å². The molecule has 0 aliphatic heterocycles. The molecule has 0 amide bonds. The van der Waals surface area contributed by atoms with Gasteiger partial charge in [0.2, 0.25) is 5.89 Å². The van der Waals surface area contributed by atoms with Crippen molar-refractivity contribution in [3.63, 3.8) is 0 Å². The lowest BCUT2D eigenvalue weighted by Crippen LogP contribution is -1.99. The van der Waals surface area contributed by atoms with Gasteiger partial charge < -0.3 is 9.52 Å². The van der Waals surface area contributed by atoms with E-state index in [0.29, 0.717) is 11.5 Å². The molecule has 2 aromatic heterocycles. The molecule has 0 radical (unpaired) electrons. The molecule has 21 heavy (non-hydrogen) atoms. The predicted molar refractivity (Wildman–Crippen MR) is 84.6 cm³/mol. The fraction of sp³-hybridized carbons (Fsp3) is 0.0667. The standard InChI is InChI=1S/C15H10BrNO3S/c1-8-4-5-9(10(16)7-8)13-12(15(18)19)17-14(20-13)11-3-2-6-21-11/h2-7H,1H3,(H,18,19). The van der Waals surface area contributed by atoms with Crippen molar-refractivity contribution in [2.75, 3.05) is 0 Å². The third-order valence-electron chi connectivity index (χ3n) is 2.93. The Morgan fingerprint density at radius 1 is 1.38 bits per heavy atom. The molecule has 106 valence electrons. The monoisotopic (exact) mass is 363 g/mol. The van der Waals surface area contributed by atoms with Crippen LogP contribution in [0.1, 0.15) is 16.1 Å². The number of aromatic carboxylic acids is 1. The molecule has 3 aromatic rings. The molecular formula is C15H10BrNO3S. The van der Waals surface area contributed by atoms with Crippen molar-refractivity contribution in [3.8, 4) is 22.1 Å². The zero-order valence-corrected chi connectivity index (χ0v) is 13.4. The summed E-state index contributed by atoms with van der Waals surface area (Å²) in [6.07, 6.45) is 0. The van der Waals surface area contributed by atoms with E-state index in [-0.39, 0.29) is 11.5 Å². The van der Waals surface area contributed by atoms with E-state index in [0.717, 1.165) is 14.9 Å². The number of benzene rings is 1. The molecule has 1 N–H and O–H groups in total. The average Bonchev–Trinajstić information content (AvgIpc) is 3.07. The highest BCUT2D eigenvalue weighted by atomic mass is 79.9. The van der Waals surface area contributed by atoms with E-state index >= 15 is 0 Å². The Balaban J connectivity index is 2.19. The van der Waals surface area contributed by atoms with Gasteiger partial charge in [0.1, 0.15) is 0 Å². The molecule has 0 atom stereocenters. The summed E-state index contributed by atoms with van der Waals surface area (Å²) in [4.78, 5) is 16.3. The first kappa shape index (κ1) is 14.0. The van der Waals surface area contributed by atoms with Crippen LogP contribution in [0.25, 0.3) is 22.1 Å². The SMILES string of the molecule is Cc1ccc(-c2oc(-c3cccs3)nc2C(=O)O)c(Br)c1. The molecule has 0 saturated carbocycles. The van der Waals surface area contributed by atoms with Crippen LogP contribution in [0.3, 0.4) is 0 Å². The Bertz CT molecular complexity index is 808. The van der Waals surface area contributed by atoms with E-state index in [1.165, 1.54) is 11.3 Å². The molecule has 0 aliphatic rings. The van der Waals surface area contributed by atoms with Gasteiger partial charge in [0.05, 0.1) is 4.88 Å². The topological polar surface area (TPSA) is 63.3 Å². The number of thiophene rings is 1. The highest BCUT2D eigenvalue weighted by Gasteiger charge is 2.23. The quantitative estimate of drug-likeness (QED) is 0.722. The van der Waals surface area contributed by atoms with Crippen LogP contribution in [0.5, 0.6) is 0 Å². The van der Waals surface area contributed by atoms with E-state index in [4.69, 9.17) is 4.42 Å². The van der Waals surface area contributed by atoms with Gasteiger partial charge in [-0.1, -0.05) is 28.1 Å². The van der Waals surface area contributed by atoms with E-state index in [2.05, 4.69) is 20.9 Å². The Morgan fingerprint density at radius 3 is 2.81 bits per heavy atom. The molecule has 0 fully saturated rings. The average molecular weight is 364 g/mol. The smallest absolute Gasteiger partial charge is 0.358 e. The van der Waals surface area contributed by atoms with Gasteiger partial charge in [-0.15, -0.1) is 11.3 Å². The van der Waals surface area contributed by atoms with E-state index in [1.807, 2.05) is 42.6 Å². The lowest BCUT2D eigenvalue weighted by Gasteiger charge is -2.03. The second-order valence-corrected chi connectivity index (χ2v) is 6.26. The molecule has 0 saturated heterocycles. The first-order chi connectivity index (χ1) is 10.1. The molecule has 0 unspecified atom stereocenters. The fourth-order valence-corrected chi connectivity index (χ4v) is 3.28. The Kier molecular flexibility index (Phi) is 3.65. The van der Waals surface area contributed by atoms with Gasteiger partial charge in [-0.05, 0) is 36.1 Å². The number of hydrogen-bond acceptors (Lipinski definition) is 4. The highest BCUT2D eigenvalue weighted by Crippen LogP contribution is 2.35. The van der Waals surface area contributed by atoms with Crippen LogP contribution in [0, 0.1) is 6.92 Å². The summed E-state index contributed by atoms with van der Waals surface area (Å²) in [5.41, 5.74) is 1.66. The first-order valence-corrected chi connectivity index (χ1v) is 7.78. The molecule has 0 bridgehead atoms. The third-order valence-corrected chi connectivity index (χ3v) is 4.44. The number of aryl methyl sites for hydroxylation is 1. The van der Waals surface area contributed by atoms with E-state index < -0.39 is 5.97 Å². The third kappa shape index (κ3) is 2.64. The summed E-state index contributed by atoms with van der Waals surface area (Å²) < 4.78 is 6.49. The number of aromatic nitrogens is 1. The van der Waals surface area contributed by atoms with Crippen LogP contribution in [0.15, 0.2) is 44.6 Å². The summed E-state index contributed by atoms with van der Waals surface area (Å²) in [6.45, 7) is 1.96. The van der Waals surface area contributed by atoms with Crippen molar-refractivity contribution in [2.45, 2.75) is 6.92 Å². The minimum Gasteiger partial charge on any atom is -0.476 e. The summed E-state index contributed by atoms with van der Waals surface area (Å²) in [6, 6.07) is 9.35. The van der Waals surface area contributed by atoms with E-state index in [9.17, 15) is 9.90 Å². The predicted octanol–water partition coefficient (Wildman–Crippen LogP) is 4.84. The molecule has 3 rings (SSSR count). The summed E-state index contributed by atoms with van der Waals surface area (Å²) in [5.74, 6) is -0.522. The fourth-order valence-electron chi connectivity index (χ4n) is 1.96. The van der Waals surface area contributed by atoms with Crippen LogP contribution in [-0.4, -0.2) is 16.1 Å². The Hall–Kier alpha value is -1.92. The number of nitrogens with zero attached hydrogens (tertiary/aromatic N) is 1. The zero-order valence-electron chi connectivity index (χ0n) is 11.0.